The molecular formula is C19H25BrN2O3S. The molecule has 1 aromatic heterocycles. The number of phenols is 1. The summed E-state index contributed by atoms with van der Waals surface area (Å²) in [6.07, 6.45) is 1.68. The lowest BCUT2D eigenvalue weighted by Crippen LogP contribution is -2.44. The Balaban J connectivity index is 1.86. The molecule has 0 fully saturated rings. The van der Waals surface area contributed by atoms with E-state index in [1.54, 1.807) is 35.5 Å². The SMILES string of the molecule is COCCN(Cc1ccc(Br)s1)C(=O)NC(C)CCc1ccc(O)cc1. The zero-order valence-electron chi connectivity index (χ0n) is 15.1. The molecular weight excluding hydrogens is 416 g/mol. The maximum absolute atomic E-state index is 12.6. The zero-order valence-corrected chi connectivity index (χ0v) is 17.5. The van der Waals surface area contributed by atoms with E-state index in [0.29, 0.717) is 19.7 Å². The van der Waals surface area contributed by atoms with Crippen molar-refractivity contribution in [2.75, 3.05) is 20.3 Å². The van der Waals surface area contributed by atoms with E-state index in [9.17, 15) is 9.90 Å². The molecule has 0 aliphatic carbocycles. The van der Waals surface area contributed by atoms with Crippen molar-refractivity contribution in [2.24, 2.45) is 0 Å². The van der Waals surface area contributed by atoms with Gasteiger partial charge in [0.1, 0.15) is 5.75 Å². The first-order valence-electron chi connectivity index (χ1n) is 8.54. The van der Waals surface area contributed by atoms with Crippen LogP contribution in [0.5, 0.6) is 5.75 Å². The Bertz CT molecular complexity index is 690. The Kier molecular flexibility index (Phi) is 8.41. The molecule has 5 nitrogen and oxygen atoms in total. The van der Waals surface area contributed by atoms with Crippen LogP contribution in [0.4, 0.5) is 4.79 Å². The number of nitrogens with one attached hydrogen (secondary N) is 1. The number of carbonyl (C=O) groups is 1. The number of amides is 2. The van der Waals surface area contributed by atoms with Crippen molar-refractivity contribution in [3.8, 4) is 5.75 Å². The van der Waals surface area contributed by atoms with Crippen LogP contribution in [-0.4, -0.2) is 42.3 Å². The molecule has 7 heteroatoms. The fraction of sp³-hybridized carbons (Fsp3) is 0.421. The standard InChI is InChI=1S/C19H25BrN2O3S/c1-14(3-4-15-5-7-16(23)8-6-15)21-19(24)22(11-12-25-2)13-17-9-10-18(20)26-17/h5-10,14,23H,3-4,11-13H2,1-2H3,(H,21,24). The van der Waals surface area contributed by atoms with Crippen molar-refractivity contribution in [2.45, 2.75) is 32.4 Å². The van der Waals surface area contributed by atoms with Crippen LogP contribution in [0, 0.1) is 0 Å². The highest BCUT2D eigenvalue weighted by Gasteiger charge is 2.17. The second-order valence-electron chi connectivity index (χ2n) is 6.18. The van der Waals surface area contributed by atoms with E-state index in [0.717, 1.165) is 27.1 Å². The summed E-state index contributed by atoms with van der Waals surface area (Å²) in [5.41, 5.74) is 1.14. The van der Waals surface area contributed by atoms with E-state index < -0.39 is 0 Å². The van der Waals surface area contributed by atoms with Gasteiger partial charge in [-0.15, -0.1) is 11.3 Å². The number of urea groups is 1. The predicted octanol–water partition coefficient (Wildman–Crippen LogP) is 4.40. The van der Waals surface area contributed by atoms with Crippen molar-refractivity contribution >= 4 is 33.3 Å². The predicted molar refractivity (Wildman–Crippen MR) is 109 cm³/mol. The van der Waals surface area contributed by atoms with E-state index in [1.807, 2.05) is 31.2 Å². The molecule has 2 aromatic rings. The second kappa shape index (κ2) is 10.5. The molecule has 0 aliphatic heterocycles. The number of rotatable bonds is 9. The molecule has 2 rings (SSSR count). The zero-order chi connectivity index (χ0) is 18.9. The first kappa shape index (κ1) is 20.7. The quantitative estimate of drug-likeness (QED) is 0.607. The number of nitrogens with zero attached hydrogens (tertiary/aromatic N) is 1. The second-order valence-corrected chi connectivity index (χ2v) is 8.72. The van der Waals surface area contributed by atoms with Gasteiger partial charge in [-0.05, 0) is 65.5 Å². The molecule has 1 unspecified atom stereocenters. The van der Waals surface area contributed by atoms with Gasteiger partial charge in [-0.25, -0.2) is 4.79 Å². The summed E-state index contributed by atoms with van der Waals surface area (Å²) in [5, 5.41) is 12.4. The summed E-state index contributed by atoms with van der Waals surface area (Å²) in [4.78, 5) is 15.5. The van der Waals surface area contributed by atoms with Crippen LogP contribution in [0.1, 0.15) is 23.8 Å². The Morgan fingerprint density at radius 1 is 1.31 bits per heavy atom. The van der Waals surface area contributed by atoms with Crippen LogP contribution in [-0.2, 0) is 17.7 Å². The van der Waals surface area contributed by atoms with Gasteiger partial charge in [0.15, 0.2) is 0 Å². The van der Waals surface area contributed by atoms with Crippen molar-refractivity contribution in [1.82, 2.24) is 10.2 Å². The fourth-order valence-electron chi connectivity index (χ4n) is 2.50. The molecule has 0 radical (unpaired) electrons. The van der Waals surface area contributed by atoms with Crippen molar-refractivity contribution in [3.05, 3.63) is 50.6 Å². The minimum Gasteiger partial charge on any atom is -0.508 e. The van der Waals surface area contributed by atoms with Gasteiger partial charge in [0.05, 0.1) is 16.9 Å². The molecule has 0 spiro atoms. The highest BCUT2D eigenvalue weighted by atomic mass is 79.9. The number of halogens is 1. The van der Waals surface area contributed by atoms with Crippen LogP contribution in [0.25, 0.3) is 0 Å². The van der Waals surface area contributed by atoms with Crippen LogP contribution in [0.15, 0.2) is 40.2 Å². The third-order valence-electron chi connectivity index (χ3n) is 4.00. The summed E-state index contributed by atoms with van der Waals surface area (Å²) in [5.74, 6) is 0.268. The minimum atomic E-state index is -0.0789. The van der Waals surface area contributed by atoms with Crippen molar-refractivity contribution < 1.29 is 14.6 Å². The number of hydrogen-bond donors (Lipinski definition) is 2. The maximum Gasteiger partial charge on any atom is 0.318 e. The van der Waals surface area contributed by atoms with Gasteiger partial charge in [0, 0.05) is 24.6 Å². The molecule has 1 aromatic carbocycles. The Morgan fingerprint density at radius 2 is 2.04 bits per heavy atom. The number of aryl methyl sites for hydroxylation is 1. The highest BCUT2D eigenvalue weighted by Crippen LogP contribution is 2.23. The topological polar surface area (TPSA) is 61.8 Å². The number of phenolic OH excluding ortho intramolecular Hbond substituents is 1. The number of benzene rings is 1. The van der Waals surface area contributed by atoms with Crippen LogP contribution in [0.2, 0.25) is 0 Å². The smallest absolute Gasteiger partial charge is 0.318 e. The van der Waals surface area contributed by atoms with Crippen LogP contribution < -0.4 is 5.32 Å². The molecule has 26 heavy (non-hydrogen) atoms. The lowest BCUT2D eigenvalue weighted by Gasteiger charge is -2.24. The molecule has 0 saturated carbocycles. The van der Waals surface area contributed by atoms with Gasteiger partial charge in [-0.1, -0.05) is 12.1 Å². The lowest BCUT2D eigenvalue weighted by atomic mass is 10.1. The fourth-order valence-corrected chi connectivity index (χ4v) is 4.00. The minimum absolute atomic E-state index is 0.0522. The number of hydrogen-bond acceptors (Lipinski definition) is 4. The van der Waals surface area contributed by atoms with Gasteiger partial charge >= 0.3 is 6.03 Å². The molecule has 0 bridgehead atoms. The van der Waals surface area contributed by atoms with Crippen molar-refractivity contribution in [1.29, 1.82) is 0 Å². The van der Waals surface area contributed by atoms with Gasteiger partial charge in [-0.3, -0.25) is 0 Å². The molecule has 2 N–H and O–H groups in total. The van der Waals surface area contributed by atoms with Crippen molar-refractivity contribution in [3.63, 3.8) is 0 Å². The number of aromatic hydroxyl groups is 1. The van der Waals surface area contributed by atoms with Crippen LogP contribution >= 0.6 is 27.3 Å². The summed E-state index contributed by atoms with van der Waals surface area (Å²) in [6.45, 7) is 3.62. The highest BCUT2D eigenvalue weighted by molar-refractivity contribution is 9.11. The summed E-state index contributed by atoms with van der Waals surface area (Å²) >= 11 is 5.09. The third kappa shape index (κ3) is 6.97. The average Bonchev–Trinajstić information content (AvgIpc) is 3.03. The summed E-state index contributed by atoms with van der Waals surface area (Å²) in [6, 6.07) is 11.2. The molecule has 1 atom stereocenters. The van der Waals surface area contributed by atoms with E-state index in [4.69, 9.17) is 4.74 Å². The monoisotopic (exact) mass is 440 g/mol. The normalized spacial score (nSPS) is 12.0. The van der Waals surface area contributed by atoms with Gasteiger partial charge < -0.3 is 20.1 Å². The maximum atomic E-state index is 12.6. The number of ether oxygens (including phenoxy) is 1. The number of thiophene rings is 1. The first-order chi connectivity index (χ1) is 12.5. The summed E-state index contributed by atoms with van der Waals surface area (Å²) < 4.78 is 6.19. The van der Waals surface area contributed by atoms with E-state index >= 15 is 0 Å². The largest absolute Gasteiger partial charge is 0.508 e. The van der Waals surface area contributed by atoms with Gasteiger partial charge in [0.2, 0.25) is 0 Å². The summed E-state index contributed by atoms with van der Waals surface area (Å²) in [7, 11) is 1.64. The average molecular weight is 441 g/mol. The molecule has 1 heterocycles. The lowest BCUT2D eigenvalue weighted by molar-refractivity contribution is 0.145. The van der Waals surface area contributed by atoms with Gasteiger partial charge in [0.25, 0.3) is 0 Å². The Labute approximate surface area is 167 Å². The number of methoxy groups -OCH3 is 1. The van der Waals surface area contributed by atoms with E-state index in [1.165, 1.54) is 0 Å². The third-order valence-corrected chi connectivity index (χ3v) is 5.61. The molecule has 0 aliphatic rings. The first-order valence-corrected chi connectivity index (χ1v) is 10.2. The molecule has 0 saturated heterocycles. The molecule has 142 valence electrons. The van der Waals surface area contributed by atoms with E-state index in [-0.39, 0.29) is 17.8 Å². The number of carbonyl (C=O) groups excluding carboxylic acids is 1. The van der Waals surface area contributed by atoms with Crippen LogP contribution in [0.3, 0.4) is 0 Å². The Hall–Kier alpha value is -1.57. The van der Waals surface area contributed by atoms with Gasteiger partial charge in [-0.2, -0.15) is 0 Å². The molecule has 2 amide bonds. The Morgan fingerprint density at radius 3 is 2.65 bits per heavy atom. The van der Waals surface area contributed by atoms with E-state index in [2.05, 4.69) is 21.2 Å².